The van der Waals surface area contributed by atoms with Crippen molar-refractivity contribution in [2.24, 2.45) is 0 Å². The van der Waals surface area contributed by atoms with Crippen LogP contribution in [0.25, 0.3) is 0 Å². The predicted molar refractivity (Wildman–Crippen MR) is 71.3 cm³/mol. The normalized spacial score (nSPS) is 11.5. The monoisotopic (exact) mass is 305 g/mol. The van der Waals surface area contributed by atoms with Gasteiger partial charge in [0.1, 0.15) is 5.56 Å². The smallest absolute Gasteiger partial charge is 0.401 e. The first-order valence-corrected chi connectivity index (χ1v) is 6.36. The van der Waals surface area contributed by atoms with Gasteiger partial charge in [-0.25, -0.2) is 4.98 Å². The van der Waals surface area contributed by atoms with E-state index in [1.165, 1.54) is 20.4 Å². The molecule has 0 aliphatic rings. The van der Waals surface area contributed by atoms with Crippen molar-refractivity contribution >= 4 is 5.91 Å². The molecule has 1 aromatic heterocycles. The fourth-order valence-electron chi connectivity index (χ4n) is 1.76. The number of hydrogen-bond acceptors (Lipinski definition) is 4. The summed E-state index contributed by atoms with van der Waals surface area (Å²) in [6, 6.07) is 3.17. The Labute approximate surface area is 121 Å². The molecule has 0 unspecified atom stereocenters. The van der Waals surface area contributed by atoms with Gasteiger partial charge in [0.05, 0.1) is 13.7 Å². The minimum Gasteiger partial charge on any atom is -0.480 e. The summed E-state index contributed by atoms with van der Waals surface area (Å²) in [4.78, 5) is 16.9. The largest absolute Gasteiger partial charge is 0.480 e. The van der Waals surface area contributed by atoms with Gasteiger partial charge in [-0.1, -0.05) is 0 Å². The molecule has 0 bridgehead atoms. The highest BCUT2D eigenvalue weighted by Gasteiger charge is 2.28. The van der Waals surface area contributed by atoms with Gasteiger partial charge in [0.2, 0.25) is 5.88 Å². The number of pyridine rings is 1. The van der Waals surface area contributed by atoms with Crippen molar-refractivity contribution in [3.05, 3.63) is 23.9 Å². The maximum atomic E-state index is 12.1. The number of rotatable bonds is 7. The van der Waals surface area contributed by atoms with Gasteiger partial charge in [-0.15, -0.1) is 0 Å². The van der Waals surface area contributed by atoms with Crippen LogP contribution in [0.1, 0.15) is 16.8 Å². The number of nitrogens with zero attached hydrogens (tertiary/aromatic N) is 2. The highest BCUT2D eigenvalue weighted by Crippen LogP contribution is 2.15. The number of methoxy groups -OCH3 is 1. The Bertz CT molecular complexity index is 466. The highest BCUT2D eigenvalue weighted by molar-refractivity contribution is 5.96. The molecule has 1 rings (SSSR count). The molecular formula is C13H18F3N3O2. The highest BCUT2D eigenvalue weighted by atomic mass is 19.4. The number of aromatic nitrogens is 1. The molecule has 1 aromatic rings. The molecule has 8 heteroatoms. The maximum absolute atomic E-state index is 12.1. The first-order valence-electron chi connectivity index (χ1n) is 6.36. The van der Waals surface area contributed by atoms with Crippen molar-refractivity contribution in [3.8, 4) is 5.88 Å². The summed E-state index contributed by atoms with van der Waals surface area (Å²) in [6.45, 7) is -0.444. The SMILES string of the molecule is COc1ncccc1C(=O)NCCCN(C)CC(F)(F)F. The molecule has 0 spiro atoms. The molecule has 5 nitrogen and oxygen atoms in total. The Kier molecular flexibility index (Phi) is 6.41. The summed E-state index contributed by atoms with van der Waals surface area (Å²) in [6.07, 6.45) is -2.29. The molecule has 1 amide bonds. The van der Waals surface area contributed by atoms with Gasteiger partial charge in [0.15, 0.2) is 0 Å². The molecular weight excluding hydrogens is 287 g/mol. The zero-order valence-corrected chi connectivity index (χ0v) is 11.9. The van der Waals surface area contributed by atoms with Crippen LogP contribution in [-0.4, -0.2) is 55.8 Å². The van der Waals surface area contributed by atoms with E-state index in [-0.39, 0.29) is 24.9 Å². The van der Waals surface area contributed by atoms with Gasteiger partial charge < -0.3 is 10.1 Å². The van der Waals surface area contributed by atoms with Crippen molar-refractivity contribution in [2.45, 2.75) is 12.6 Å². The minimum absolute atomic E-state index is 0.212. The van der Waals surface area contributed by atoms with Gasteiger partial charge in [-0.2, -0.15) is 13.2 Å². The third kappa shape index (κ3) is 6.44. The second-order valence-electron chi connectivity index (χ2n) is 4.52. The number of ether oxygens (including phenoxy) is 1. The van der Waals surface area contributed by atoms with E-state index < -0.39 is 12.7 Å². The van der Waals surface area contributed by atoms with E-state index in [1.54, 1.807) is 12.1 Å². The summed E-state index contributed by atoms with van der Waals surface area (Å²) >= 11 is 0. The summed E-state index contributed by atoms with van der Waals surface area (Å²) in [5, 5.41) is 2.63. The summed E-state index contributed by atoms with van der Waals surface area (Å²) in [5.41, 5.74) is 0.295. The molecule has 1 N–H and O–H groups in total. The predicted octanol–water partition coefficient (Wildman–Crippen LogP) is 1.70. The van der Waals surface area contributed by atoms with Gasteiger partial charge >= 0.3 is 6.18 Å². The van der Waals surface area contributed by atoms with Crippen molar-refractivity contribution in [2.75, 3.05) is 33.8 Å². The van der Waals surface area contributed by atoms with Crippen LogP contribution in [0.3, 0.4) is 0 Å². The van der Waals surface area contributed by atoms with E-state index in [0.29, 0.717) is 12.0 Å². The van der Waals surface area contributed by atoms with E-state index in [1.807, 2.05) is 0 Å². The molecule has 0 fully saturated rings. The molecule has 118 valence electrons. The average Bonchev–Trinajstić information content (AvgIpc) is 2.41. The van der Waals surface area contributed by atoms with E-state index in [9.17, 15) is 18.0 Å². The summed E-state index contributed by atoms with van der Waals surface area (Å²) < 4.78 is 41.3. The van der Waals surface area contributed by atoms with Crippen molar-refractivity contribution in [1.29, 1.82) is 0 Å². The zero-order valence-electron chi connectivity index (χ0n) is 11.9. The van der Waals surface area contributed by atoms with Gasteiger partial charge in [0, 0.05) is 12.7 Å². The molecule has 21 heavy (non-hydrogen) atoms. The van der Waals surface area contributed by atoms with E-state index >= 15 is 0 Å². The van der Waals surface area contributed by atoms with Crippen LogP contribution in [-0.2, 0) is 0 Å². The van der Waals surface area contributed by atoms with E-state index in [2.05, 4.69) is 10.3 Å². The zero-order chi connectivity index (χ0) is 15.9. The second-order valence-corrected chi connectivity index (χ2v) is 4.52. The topological polar surface area (TPSA) is 54.5 Å². The van der Waals surface area contributed by atoms with Crippen molar-refractivity contribution in [3.63, 3.8) is 0 Å². The maximum Gasteiger partial charge on any atom is 0.401 e. The number of carbonyl (C=O) groups excluding carboxylic acids is 1. The Morgan fingerprint density at radius 2 is 2.19 bits per heavy atom. The third-order valence-electron chi connectivity index (χ3n) is 2.66. The van der Waals surface area contributed by atoms with Crippen LogP contribution >= 0.6 is 0 Å². The van der Waals surface area contributed by atoms with Gasteiger partial charge in [-0.3, -0.25) is 9.69 Å². The Hall–Kier alpha value is -1.83. The lowest BCUT2D eigenvalue weighted by Crippen LogP contribution is -2.33. The Morgan fingerprint density at radius 3 is 2.81 bits per heavy atom. The fraction of sp³-hybridized carbons (Fsp3) is 0.538. The second kappa shape index (κ2) is 7.82. The van der Waals surface area contributed by atoms with Crippen molar-refractivity contribution < 1.29 is 22.7 Å². The van der Waals surface area contributed by atoms with Crippen LogP contribution in [0.2, 0.25) is 0 Å². The first kappa shape index (κ1) is 17.2. The number of hydrogen-bond donors (Lipinski definition) is 1. The molecule has 0 aliphatic carbocycles. The number of carbonyl (C=O) groups is 1. The minimum atomic E-state index is -4.21. The number of amides is 1. The lowest BCUT2D eigenvalue weighted by molar-refractivity contribution is -0.143. The van der Waals surface area contributed by atoms with Gasteiger partial charge in [0.25, 0.3) is 5.91 Å². The lowest BCUT2D eigenvalue weighted by atomic mass is 10.2. The molecule has 0 saturated heterocycles. The quantitative estimate of drug-likeness (QED) is 0.779. The molecule has 0 aromatic carbocycles. The van der Waals surface area contributed by atoms with Crippen molar-refractivity contribution in [1.82, 2.24) is 15.2 Å². The number of nitrogens with one attached hydrogen (secondary N) is 1. The Balaban J connectivity index is 2.34. The number of alkyl halides is 3. The number of halogens is 3. The summed E-state index contributed by atoms with van der Waals surface area (Å²) in [7, 11) is 2.80. The van der Waals surface area contributed by atoms with Crippen LogP contribution in [0.5, 0.6) is 5.88 Å². The third-order valence-corrected chi connectivity index (χ3v) is 2.66. The van der Waals surface area contributed by atoms with Crippen LogP contribution in [0.15, 0.2) is 18.3 Å². The van der Waals surface area contributed by atoms with Gasteiger partial charge in [-0.05, 0) is 32.1 Å². The summed E-state index contributed by atoms with van der Waals surface area (Å²) in [5.74, 6) is -0.150. The van der Waals surface area contributed by atoms with Crippen LogP contribution in [0, 0.1) is 0 Å². The Morgan fingerprint density at radius 1 is 1.48 bits per heavy atom. The average molecular weight is 305 g/mol. The van der Waals surface area contributed by atoms with E-state index in [0.717, 1.165) is 4.90 Å². The molecule has 0 saturated carbocycles. The molecule has 0 radical (unpaired) electrons. The standard InChI is InChI=1S/C13H18F3N3O2/c1-19(9-13(14,15)16)8-4-7-17-11(20)10-5-3-6-18-12(10)21-2/h3,5-6H,4,7-9H2,1-2H3,(H,17,20). The van der Waals surface area contributed by atoms with Crippen LogP contribution < -0.4 is 10.1 Å². The lowest BCUT2D eigenvalue weighted by Gasteiger charge is -2.18. The van der Waals surface area contributed by atoms with E-state index in [4.69, 9.17) is 4.74 Å². The fourth-order valence-corrected chi connectivity index (χ4v) is 1.76. The van der Waals surface area contributed by atoms with Crippen LogP contribution in [0.4, 0.5) is 13.2 Å². The molecule has 0 aliphatic heterocycles. The molecule has 0 atom stereocenters. The molecule has 1 heterocycles. The first-order chi connectivity index (χ1) is 9.83.